The Morgan fingerprint density at radius 1 is 1.42 bits per heavy atom. The highest BCUT2D eigenvalue weighted by Crippen LogP contribution is 2.14. The van der Waals surface area contributed by atoms with Crippen LogP contribution in [0.2, 0.25) is 0 Å². The highest BCUT2D eigenvalue weighted by atomic mass is 32.1. The third kappa shape index (κ3) is 3.59. The molecule has 0 aliphatic heterocycles. The number of pyridine rings is 1. The van der Waals surface area contributed by atoms with Crippen molar-refractivity contribution in [3.63, 3.8) is 0 Å². The number of amides is 1. The second-order valence-electron chi connectivity index (χ2n) is 3.99. The average Bonchev–Trinajstić information content (AvgIpc) is 2.82. The average molecular weight is 291 g/mol. The van der Waals surface area contributed by atoms with E-state index in [9.17, 15) is 4.79 Å². The lowest BCUT2D eigenvalue weighted by molar-refractivity contribution is 0.0946. The van der Waals surface area contributed by atoms with Gasteiger partial charge in [-0.15, -0.1) is 11.3 Å². The highest BCUT2D eigenvalue weighted by Gasteiger charge is 2.08. The number of nitrogens with zero attached hydrogens (tertiary/aromatic N) is 1. The van der Waals surface area contributed by atoms with Gasteiger partial charge < -0.3 is 11.1 Å². The first-order valence-electron chi connectivity index (χ1n) is 5.65. The zero-order chi connectivity index (χ0) is 13.8. The van der Waals surface area contributed by atoms with E-state index in [-0.39, 0.29) is 10.9 Å². The van der Waals surface area contributed by atoms with E-state index < -0.39 is 0 Å². The van der Waals surface area contributed by atoms with Crippen LogP contribution in [0, 0.1) is 6.92 Å². The van der Waals surface area contributed by atoms with E-state index in [0.29, 0.717) is 17.8 Å². The smallest absolute Gasteiger partial charge is 0.270 e. The molecule has 2 aromatic heterocycles. The van der Waals surface area contributed by atoms with Crippen LogP contribution < -0.4 is 11.1 Å². The van der Waals surface area contributed by atoms with E-state index >= 15 is 0 Å². The van der Waals surface area contributed by atoms with Crippen LogP contribution >= 0.6 is 23.6 Å². The summed E-state index contributed by atoms with van der Waals surface area (Å²) in [6, 6.07) is 7.34. The zero-order valence-electron chi connectivity index (χ0n) is 10.3. The molecule has 3 N–H and O–H groups in total. The summed E-state index contributed by atoms with van der Waals surface area (Å²) in [5.74, 6) is -0.208. The Morgan fingerprint density at radius 3 is 2.74 bits per heavy atom. The summed E-state index contributed by atoms with van der Waals surface area (Å²) < 4.78 is 0. The van der Waals surface area contributed by atoms with Crippen LogP contribution in [0.15, 0.2) is 30.5 Å². The molecule has 0 radical (unpaired) electrons. The molecule has 4 nitrogen and oxygen atoms in total. The molecule has 0 aromatic carbocycles. The minimum atomic E-state index is -0.208. The van der Waals surface area contributed by atoms with Gasteiger partial charge in [0.25, 0.3) is 5.91 Å². The Morgan fingerprint density at radius 2 is 2.21 bits per heavy atom. The first-order chi connectivity index (χ1) is 9.06. The minimum absolute atomic E-state index is 0.208. The second kappa shape index (κ2) is 5.90. The van der Waals surface area contributed by atoms with E-state index in [0.717, 1.165) is 4.88 Å². The third-order valence-electron chi connectivity index (χ3n) is 2.50. The van der Waals surface area contributed by atoms with Crippen LogP contribution in [-0.4, -0.2) is 15.9 Å². The van der Waals surface area contributed by atoms with Crippen LogP contribution in [0.5, 0.6) is 0 Å². The van der Waals surface area contributed by atoms with E-state index in [1.54, 1.807) is 23.5 Å². The summed E-state index contributed by atoms with van der Waals surface area (Å²) in [6.45, 7) is 2.54. The van der Waals surface area contributed by atoms with Gasteiger partial charge in [-0.25, -0.2) is 0 Å². The number of hydrogen-bond acceptors (Lipinski definition) is 4. The van der Waals surface area contributed by atoms with Gasteiger partial charge in [0, 0.05) is 21.5 Å². The van der Waals surface area contributed by atoms with Crippen LogP contribution in [0.3, 0.4) is 0 Å². The summed E-state index contributed by atoms with van der Waals surface area (Å²) in [5.41, 5.74) is 6.48. The fraction of sp³-hybridized carbons (Fsp3) is 0.154. The van der Waals surface area contributed by atoms with Gasteiger partial charge in [-0.2, -0.15) is 0 Å². The number of nitrogens with two attached hydrogens (primary N) is 1. The fourth-order valence-corrected chi connectivity index (χ4v) is 2.46. The van der Waals surface area contributed by atoms with Crippen molar-refractivity contribution in [1.29, 1.82) is 0 Å². The maximum Gasteiger partial charge on any atom is 0.270 e. The maximum absolute atomic E-state index is 11.9. The number of carbonyl (C=O) groups is 1. The van der Waals surface area contributed by atoms with Crippen molar-refractivity contribution in [1.82, 2.24) is 10.3 Å². The van der Waals surface area contributed by atoms with Gasteiger partial charge in [0.15, 0.2) is 0 Å². The van der Waals surface area contributed by atoms with Gasteiger partial charge >= 0.3 is 0 Å². The predicted molar refractivity (Wildman–Crippen MR) is 80.4 cm³/mol. The molecule has 19 heavy (non-hydrogen) atoms. The van der Waals surface area contributed by atoms with E-state index in [1.165, 1.54) is 11.1 Å². The molecule has 0 aliphatic carbocycles. The van der Waals surface area contributed by atoms with E-state index in [1.807, 2.05) is 19.1 Å². The topological polar surface area (TPSA) is 68.0 Å². The highest BCUT2D eigenvalue weighted by molar-refractivity contribution is 7.80. The van der Waals surface area contributed by atoms with Crippen molar-refractivity contribution in [2.75, 3.05) is 0 Å². The molecule has 0 aliphatic rings. The number of carbonyl (C=O) groups excluding carboxylic acids is 1. The molecule has 6 heteroatoms. The Hall–Kier alpha value is -1.79. The van der Waals surface area contributed by atoms with Crippen molar-refractivity contribution in [2.45, 2.75) is 13.5 Å². The van der Waals surface area contributed by atoms with Gasteiger partial charge in [0.1, 0.15) is 10.7 Å². The summed E-state index contributed by atoms with van der Waals surface area (Å²) in [4.78, 5) is 18.5. The number of thiophene rings is 1. The molecule has 0 spiro atoms. The number of nitrogens with one attached hydrogen (secondary N) is 1. The quantitative estimate of drug-likeness (QED) is 0.846. The van der Waals surface area contributed by atoms with Gasteiger partial charge in [0.05, 0.1) is 6.54 Å². The third-order valence-corrected chi connectivity index (χ3v) is 3.74. The number of aryl methyl sites for hydroxylation is 1. The van der Waals surface area contributed by atoms with E-state index in [4.69, 9.17) is 18.0 Å². The molecule has 0 bridgehead atoms. The van der Waals surface area contributed by atoms with Crippen LogP contribution in [0.1, 0.15) is 25.8 Å². The Bertz CT molecular complexity index is 605. The largest absolute Gasteiger partial charge is 0.389 e. The monoisotopic (exact) mass is 291 g/mol. The molecule has 0 atom stereocenters. The van der Waals surface area contributed by atoms with Gasteiger partial charge in [-0.05, 0) is 31.2 Å². The van der Waals surface area contributed by atoms with Gasteiger partial charge in [-0.3, -0.25) is 9.78 Å². The standard InChI is InChI=1S/C13H13N3OS2/c1-8-2-4-10(19-8)7-16-13(17)11-5-3-9(6-15-11)12(14)18/h2-6H,7H2,1H3,(H2,14,18)(H,16,17). The lowest BCUT2D eigenvalue weighted by Crippen LogP contribution is -2.23. The molecule has 2 aromatic rings. The molecule has 98 valence electrons. The first-order valence-corrected chi connectivity index (χ1v) is 6.88. The van der Waals surface area contributed by atoms with Crippen molar-refractivity contribution in [3.8, 4) is 0 Å². The molecule has 0 saturated carbocycles. The zero-order valence-corrected chi connectivity index (χ0v) is 12.0. The van der Waals surface area contributed by atoms with Crippen LogP contribution in [-0.2, 0) is 6.54 Å². The summed E-state index contributed by atoms with van der Waals surface area (Å²) in [5, 5.41) is 2.82. The lowest BCUT2D eigenvalue weighted by Gasteiger charge is -2.04. The second-order valence-corrected chi connectivity index (χ2v) is 5.80. The van der Waals surface area contributed by atoms with Crippen molar-refractivity contribution < 1.29 is 4.79 Å². The summed E-state index contributed by atoms with van der Waals surface area (Å²) in [7, 11) is 0. The predicted octanol–water partition coefficient (Wildman–Crippen LogP) is 2.02. The lowest BCUT2D eigenvalue weighted by atomic mass is 10.2. The van der Waals surface area contributed by atoms with Crippen molar-refractivity contribution >= 4 is 34.5 Å². The van der Waals surface area contributed by atoms with Gasteiger partial charge in [0.2, 0.25) is 0 Å². The SMILES string of the molecule is Cc1ccc(CNC(=O)c2ccc(C(N)=S)cn2)s1. The first kappa shape index (κ1) is 13.6. The molecule has 0 unspecified atom stereocenters. The Kier molecular flexibility index (Phi) is 4.24. The normalized spacial score (nSPS) is 10.2. The van der Waals surface area contributed by atoms with Crippen molar-refractivity contribution in [3.05, 3.63) is 51.5 Å². The molecule has 1 amide bonds. The fourth-order valence-electron chi connectivity index (χ4n) is 1.51. The molecular weight excluding hydrogens is 278 g/mol. The Balaban J connectivity index is 1.98. The Labute approximate surface area is 120 Å². The number of rotatable bonds is 4. The van der Waals surface area contributed by atoms with Gasteiger partial charge in [-0.1, -0.05) is 12.2 Å². The van der Waals surface area contributed by atoms with E-state index in [2.05, 4.69) is 10.3 Å². The molecule has 2 rings (SSSR count). The number of thiocarbonyl (C=S) groups is 1. The maximum atomic E-state index is 11.9. The molecule has 0 saturated heterocycles. The molecular formula is C13H13N3OS2. The molecule has 2 heterocycles. The molecule has 0 fully saturated rings. The number of aromatic nitrogens is 1. The van der Waals surface area contributed by atoms with Crippen LogP contribution in [0.4, 0.5) is 0 Å². The minimum Gasteiger partial charge on any atom is -0.389 e. The van der Waals surface area contributed by atoms with Crippen LogP contribution in [0.25, 0.3) is 0 Å². The van der Waals surface area contributed by atoms with Crippen molar-refractivity contribution in [2.24, 2.45) is 5.73 Å². The number of hydrogen-bond donors (Lipinski definition) is 2. The summed E-state index contributed by atoms with van der Waals surface area (Å²) >= 11 is 6.49. The summed E-state index contributed by atoms with van der Waals surface area (Å²) in [6.07, 6.45) is 1.51.